The van der Waals surface area contributed by atoms with Gasteiger partial charge in [-0.1, -0.05) is 38.9 Å². The fraction of sp³-hybridized carbons (Fsp3) is 0.857. The maximum Gasteiger partial charge on any atom is 0.225 e. The molecule has 0 aromatic heterocycles. The van der Waals surface area contributed by atoms with Gasteiger partial charge >= 0.3 is 0 Å². The first kappa shape index (κ1) is 17.4. The van der Waals surface area contributed by atoms with Gasteiger partial charge < -0.3 is 10.6 Å². The Hall–Kier alpha value is -0.640. The van der Waals surface area contributed by atoms with Crippen LogP contribution in [0.25, 0.3) is 0 Å². The fourth-order valence-electron chi connectivity index (χ4n) is 2.04. The normalized spacial score (nSPS) is 12.5. The first-order valence-corrected chi connectivity index (χ1v) is 7.43. The smallest absolute Gasteiger partial charge is 0.225 e. The predicted octanol–water partition coefficient (Wildman–Crippen LogP) is 3.12. The number of nitrogens with two attached hydrogens (primary N) is 1. The molecule has 0 aromatic carbocycles. The number of thiocarbonyl (C=S) groups is 1. The van der Waals surface area contributed by atoms with Crippen LogP contribution in [-0.4, -0.2) is 28.4 Å². The number of carbonyl (C=O) groups is 1. The molecule has 0 saturated carbocycles. The van der Waals surface area contributed by atoms with Crippen molar-refractivity contribution in [2.75, 3.05) is 6.54 Å². The van der Waals surface area contributed by atoms with Crippen molar-refractivity contribution in [1.82, 2.24) is 4.90 Å². The van der Waals surface area contributed by atoms with Gasteiger partial charge in [-0.05, 0) is 26.7 Å². The van der Waals surface area contributed by atoms with E-state index in [1.807, 2.05) is 18.7 Å². The summed E-state index contributed by atoms with van der Waals surface area (Å²) in [7, 11) is 0. The molecule has 0 bridgehead atoms. The highest BCUT2D eigenvalue weighted by Gasteiger charge is 2.24. The quantitative estimate of drug-likeness (QED) is 0.656. The molecule has 0 aliphatic rings. The first-order chi connectivity index (χ1) is 8.43. The summed E-state index contributed by atoms with van der Waals surface area (Å²) in [4.78, 5) is 14.9. The summed E-state index contributed by atoms with van der Waals surface area (Å²) in [5, 5.41) is 0. The highest BCUT2D eigenvalue weighted by Crippen LogP contribution is 2.17. The zero-order chi connectivity index (χ0) is 14.1. The molecule has 4 heteroatoms. The third-order valence-electron chi connectivity index (χ3n) is 3.25. The second-order valence-electron chi connectivity index (χ2n) is 5.09. The Morgan fingerprint density at radius 2 is 1.94 bits per heavy atom. The van der Waals surface area contributed by atoms with Crippen LogP contribution in [0.3, 0.4) is 0 Å². The molecule has 0 aliphatic heterocycles. The lowest BCUT2D eigenvalue weighted by Gasteiger charge is -2.30. The number of nitrogens with zero attached hydrogens (tertiary/aromatic N) is 1. The number of unbranched alkanes of at least 4 members (excludes halogenated alkanes) is 1. The van der Waals surface area contributed by atoms with Gasteiger partial charge in [0.1, 0.15) is 0 Å². The van der Waals surface area contributed by atoms with E-state index in [-0.39, 0.29) is 17.9 Å². The lowest BCUT2D eigenvalue weighted by Crippen LogP contribution is -2.42. The average molecular weight is 272 g/mol. The number of hydrogen-bond donors (Lipinski definition) is 1. The molecule has 0 heterocycles. The molecule has 0 saturated heterocycles. The molecular weight excluding hydrogens is 244 g/mol. The van der Waals surface area contributed by atoms with Gasteiger partial charge in [0.2, 0.25) is 5.91 Å². The monoisotopic (exact) mass is 272 g/mol. The van der Waals surface area contributed by atoms with Gasteiger partial charge in [0, 0.05) is 24.9 Å². The molecule has 2 N–H and O–H groups in total. The molecule has 18 heavy (non-hydrogen) atoms. The summed E-state index contributed by atoms with van der Waals surface area (Å²) >= 11 is 4.89. The third kappa shape index (κ3) is 6.34. The van der Waals surface area contributed by atoms with Crippen molar-refractivity contribution >= 4 is 23.1 Å². The maximum atomic E-state index is 12.5. The van der Waals surface area contributed by atoms with Crippen LogP contribution in [0.2, 0.25) is 0 Å². The lowest BCUT2D eigenvalue weighted by atomic mass is 9.97. The van der Waals surface area contributed by atoms with Crippen LogP contribution in [-0.2, 0) is 4.79 Å². The Kier molecular flexibility index (Phi) is 8.98. The molecule has 106 valence electrons. The summed E-state index contributed by atoms with van der Waals surface area (Å²) in [5.74, 6) is 0.413. The van der Waals surface area contributed by atoms with Gasteiger partial charge in [0.25, 0.3) is 0 Å². The Bertz CT molecular complexity index is 267. The van der Waals surface area contributed by atoms with Crippen molar-refractivity contribution in [2.24, 2.45) is 11.7 Å². The molecule has 0 rings (SSSR count). The fourth-order valence-corrected chi connectivity index (χ4v) is 2.13. The molecule has 0 spiro atoms. The molecule has 0 aliphatic carbocycles. The Morgan fingerprint density at radius 1 is 1.33 bits per heavy atom. The third-order valence-corrected chi connectivity index (χ3v) is 3.46. The van der Waals surface area contributed by atoms with Crippen LogP contribution < -0.4 is 5.73 Å². The van der Waals surface area contributed by atoms with Gasteiger partial charge in [0.05, 0.1) is 4.99 Å². The van der Waals surface area contributed by atoms with E-state index in [0.29, 0.717) is 18.0 Å². The molecule has 1 atom stereocenters. The molecular formula is C14H28N2OS. The van der Waals surface area contributed by atoms with E-state index in [2.05, 4.69) is 13.8 Å². The van der Waals surface area contributed by atoms with Crippen LogP contribution in [0.15, 0.2) is 0 Å². The van der Waals surface area contributed by atoms with Gasteiger partial charge in [-0.25, -0.2) is 0 Å². The van der Waals surface area contributed by atoms with Crippen LogP contribution in [0.1, 0.15) is 59.8 Å². The molecule has 3 nitrogen and oxygen atoms in total. The minimum Gasteiger partial charge on any atom is -0.393 e. The van der Waals surface area contributed by atoms with Crippen LogP contribution in [0, 0.1) is 5.92 Å². The number of rotatable bonds is 9. The minimum atomic E-state index is 0.152. The van der Waals surface area contributed by atoms with E-state index >= 15 is 0 Å². The van der Waals surface area contributed by atoms with E-state index in [1.54, 1.807) is 0 Å². The Balaban J connectivity index is 4.55. The van der Waals surface area contributed by atoms with Crippen molar-refractivity contribution < 1.29 is 4.79 Å². The first-order valence-electron chi connectivity index (χ1n) is 7.02. The SMILES string of the molecule is CCCCC(CC)C(=O)N(CCC(N)=S)C(C)C. The predicted molar refractivity (Wildman–Crippen MR) is 81.6 cm³/mol. The van der Waals surface area contributed by atoms with Gasteiger partial charge in [-0.3, -0.25) is 4.79 Å². The molecule has 0 aromatic rings. The summed E-state index contributed by atoms with van der Waals surface area (Å²) in [6.07, 6.45) is 4.77. The molecule has 1 amide bonds. The maximum absolute atomic E-state index is 12.5. The van der Waals surface area contributed by atoms with Crippen LogP contribution in [0.5, 0.6) is 0 Å². The van der Waals surface area contributed by atoms with Crippen molar-refractivity contribution in [3.63, 3.8) is 0 Å². The van der Waals surface area contributed by atoms with E-state index in [9.17, 15) is 4.79 Å². The van der Waals surface area contributed by atoms with Gasteiger partial charge in [-0.2, -0.15) is 0 Å². The largest absolute Gasteiger partial charge is 0.393 e. The summed E-state index contributed by atoms with van der Waals surface area (Å²) in [6.45, 7) is 8.98. The zero-order valence-electron chi connectivity index (χ0n) is 12.2. The van der Waals surface area contributed by atoms with Crippen molar-refractivity contribution in [1.29, 1.82) is 0 Å². The lowest BCUT2D eigenvalue weighted by molar-refractivity contribution is -0.137. The second kappa shape index (κ2) is 9.31. The van der Waals surface area contributed by atoms with Gasteiger partial charge in [-0.15, -0.1) is 0 Å². The number of carbonyl (C=O) groups excluding carboxylic acids is 1. The van der Waals surface area contributed by atoms with Crippen LogP contribution in [0.4, 0.5) is 0 Å². The Labute approximate surface area is 117 Å². The summed E-state index contributed by atoms with van der Waals surface area (Å²) in [5.41, 5.74) is 5.52. The van der Waals surface area contributed by atoms with Gasteiger partial charge in [0.15, 0.2) is 0 Å². The van der Waals surface area contributed by atoms with Crippen molar-refractivity contribution in [2.45, 2.75) is 65.8 Å². The summed E-state index contributed by atoms with van der Waals surface area (Å²) < 4.78 is 0. The zero-order valence-corrected chi connectivity index (χ0v) is 13.1. The van der Waals surface area contributed by atoms with E-state index in [0.717, 1.165) is 25.7 Å². The highest BCUT2D eigenvalue weighted by molar-refractivity contribution is 7.80. The summed E-state index contributed by atoms with van der Waals surface area (Å²) in [6, 6.07) is 0.211. The van der Waals surface area contributed by atoms with Crippen molar-refractivity contribution in [3.8, 4) is 0 Å². The minimum absolute atomic E-state index is 0.152. The Morgan fingerprint density at radius 3 is 2.33 bits per heavy atom. The van der Waals surface area contributed by atoms with E-state index in [4.69, 9.17) is 18.0 Å². The van der Waals surface area contributed by atoms with Crippen LogP contribution >= 0.6 is 12.2 Å². The van der Waals surface area contributed by atoms with Crippen molar-refractivity contribution in [3.05, 3.63) is 0 Å². The van der Waals surface area contributed by atoms with E-state index in [1.165, 1.54) is 0 Å². The molecule has 1 unspecified atom stereocenters. The number of hydrogen-bond acceptors (Lipinski definition) is 2. The average Bonchev–Trinajstić information content (AvgIpc) is 2.29. The molecule has 0 radical (unpaired) electrons. The highest BCUT2D eigenvalue weighted by atomic mass is 32.1. The standard InChI is InChI=1S/C14H28N2OS/c1-5-7-8-12(6-2)14(17)16(11(3)4)10-9-13(15)18/h11-12H,5-10H2,1-4H3,(H2,15,18). The second-order valence-corrected chi connectivity index (χ2v) is 5.61. The topological polar surface area (TPSA) is 46.3 Å². The van der Waals surface area contributed by atoms with E-state index < -0.39 is 0 Å². The molecule has 0 fully saturated rings. The number of amides is 1.